The molecule has 4 nitrogen and oxygen atoms in total. The molecule has 0 spiro atoms. The number of β-amino-alcohol motifs (C(OH)–C–C–N with tert-alkyl or cyclic N) is 1. The Morgan fingerprint density at radius 3 is 2.14 bits per heavy atom. The summed E-state index contributed by atoms with van der Waals surface area (Å²) in [4.78, 5) is 4.86. The molecule has 0 amide bonds. The first-order chi connectivity index (χ1) is 9.96. The van der Waals surface area contributed by atoms with E-state index < -0.39 is 5.60 Å². The second-order valence-electron chi connectivity index (χ2n) is 6.53. The van der Waals surface area contributed by atoms with Crippen LogP contribution in [0.4, 0.5) is 0 Å². The van der Waals surface area contributed by atoms with E-state index in [2.05, 4.69) is 21.9 Å². The Balaban J connectivity index is 1.71. The molecule has 1 fully saturated rings. The van der Waals surface area contributed by atoms with Gasteiger partial charge in [0, 0.05) is 39.3 Å². The molecule has 0 aromatic heterocycles. The van der Waals surface area contributed by atoms with E-state index in [1.165, 1.54) is 5.56 Å². The Kier molecular flexibility index (Phi) is 5.62. The molecule has 0 radical (unpaired) electrons. The number of rotatable bonds is 6. The van der Waals surface area contributed by atoms with Gasteiger partial charge in [-0.2, -0.15) is 0 Å². The minimum atomic E-state index is -0.592. The van der Waals surface area contributed by atoms with Gasteiger partial charge in [0.25, 0.3) is 0 Å². The molecule has 0 unspecified atom stereocenters. The Bertz CT molecular complexity index is 417. The zero-order valence-corrected chi connectivity index (χ0v) is 13.5. The molecule has 2 rings (SSSR count). The van der Waals surface area contributed by atoms with Crippen molar-refractivity contribution in [2.24, 2.45) is 0 Å². The fourth-order valence-corrected chi connectivity index (χ4v) is 2.80. The van der Waals surface area contributed by atoms with Gasteiger partial charge in [0.2, 0.25) is 0 Å². The van der Waals surface area contributed by atoms with E-state index in [9.17, 15) is 5.11 Å². The summed E-state index contributed by atoms with van der Waals surface area (Å²) in [6.07, 6.45) is 1.08. The van der Waals surface area contributed by atoms with Crippen molar-refractivity contribution in [1.82, 2.24) is 9.80 Å². The van der Waals surface area contributed by atoms with Gasteiger partial charge < -0.3 is 14.7 Å². The average molecular weight is 292 g/mol. The fraction of sp³-hybridized carbons (Fsp3) is 0.647. The molecule has 1 heterocycles. The zero-order valence-electron chi connectivity index (χ0n) is 13.5. The van der Waals surface area contributed by atoms with E-state index in [1.807, 2.05) is 26.0 Å². The summed E-state index contributed by atoms with van der Waals surface area (Å²) in [5, 5.41) is 9.87. The lowest BCUT2D eigenvalue weighted by Gasteiger charge is -2.37. The molecule has 1 aromatic rings. The molecule has 0 bridgehead atoms. The predicted molar refractivity (Wildman–Crippen MR) is 85.9 cm³/mol. The first kappa shape index (κ1) is 16.3. The third-order valence-electron chi connectivity index (χ3n) is 3.95. The standard InChI is InChI=1S/C17H28N2O2/c1-17(2,20)14-19-12-10-18(11-13-19)9-8-15-4-6-16(21-3)7-5-15/h4-7,20H,8-14H2,1-3H3. The van der Waals surface area contributed by atoms with Crippen LogP contribution < -0.4 is 4.74 Å². The summed E-state index contributed by atoms with van der Waals surface area (Å²) in [6, 6.07) is 8.33. The van der Waals surface area contributed by atoms with Gasteiger partial charge in [0.1, 0.15) is 5.75 Å². The lowest BCUT2D eigenvalue weighted by Crippen LogP contribution is -2.50. The maximum Gasteiger partial charge on any atom is 0.118 e. The lowest BCUT2D eigenvalue weighted by molar-refractivity contribution is 0.0180. The number of ether oxygens (including phenoxy) is 1. The summed E-state index contributed by atoms with van der Waals surface area (Å²) in [5.74, 6) is 0.916. The van der Waals surface area contributed by atoms with Crippen molar-refractivity contribution in [2.45, 2.75) is 25.9 Å². The molecule has 1 saturated heterocycles. The second kappa shape index (κ2) is 7.25. The Hall–Kier alpha value is -1.10. The van der Waals surface area contributed by atoms with Crippen molar-refractivity contribution < 1.29 is 9.84 Å². The summed E-state index contributed by atoms with van der Waals surface area (Å²) >= 11 is 0. The van der Waals surface area contributed by atoms with Gasteiger partial charge in [0.05, 0.1) is 12.7 Å². The van der Waals surface area contributed by atoms with Crippen LogP contribution in [-0.2, 0) is 6.42 Å². The summed E-state index contributed by atoms with van der Waals surface area (Å²) < 4.78 is 5.18. The topological polar surface area (TPSA) is 35.9 Å². The van der Waals surface area contributed by atoms with Crippen LogP contribution in [0.1, 0.15) is 19.4 Å². The van der Waals surface area contributed by atoms with Crippen molar-refractivity contribution in [3.8, 4) is 5.75 Å². The predicted octanol–water partition coefficient (Wildman–Crippen LogP) is 1.63. The van der Waals surface area contributed by atoms with Gasteiger partial charge in [-0.15, -0.1) is 0 Å². The third kappa shape index (κ3) is 5.65. The smallest absolute Gasteiger partial charge is 0.118 e. The first-order valence-electron chi connectivity index (χ1n) is 7.76. The van der Waals surface area contributed by atoms with Gasteiger partial charge in [-0.1, -0.05) is 12.1 Å². The molecule has 21 heavy (non-hydrogen) atoms. The Morgan fingerprint density at radius 1 is 1.05 bits per heavy atom. The molecule has 0 atom stereocenters. The molecule has 0 aliphatic carbocycles. The summed E-state index contributed by atoms with van der Waals surface area (Å²) in [6.45, 7) is 9.89. The number of aliphatic hydroxyl groups is 1. The second-order valence-corrected chi connectivity index (χ2v) is 6.53. The van der Waals surface area contributed by atoms with Crippen LogP contribution >= 0.6 is 0 Å². The van der Waals surface area contributed by atoms with Gasteiger partial charge in [0.15, 0.2) is 0 Å². The van der Waals surface area contributed by atoms with Crippen LogP contribution in [0, 0.1) is 0 Å². The van der Waals surface area contributed by atoms with Gasteiger partial charge in [-0.3, -0.25) is 4.90 Å². The van der Waals surface area contributed by atoms with E-state index in [0.29, 0.717) is 0 Å². The number of hydrogen-bond acceptors (Lipinski definition) is 4. The number of methoxy groups -OCH3 is 1. The van der Waals surface area contributed by atoms with Crippen molar-refractivity contribution in [2.75, 3.05) is 46.4 Å². The summed E-state index contributed by atoms with van der Waals surface area (Å²) in [5.41, 5.74) is 0.764. The zero-order chi connectivity index (χ0) is 15.3. The Labute approximate surface area is 128 Å². The van der Waals surface area contributed by atoms with E-state index >= 15 is 0 Å². The van der Waals surface area contributed by atoms with Gasteiger partial charge >= 0.3 is 0 Å². The number of benzene rings is 1. The van der Waals surface area contributed by atoms with Crippen molar-refractivity contribution in [3.63, 3.8) is 0 Å². The minimum absolute atomic E-state index is 0.592. The number of nitrogens with zero attached hydrogens (tertiary/aromatic N) is 2. The Morgan fingerprint density at radius 2 is 1.62 bits per heavy atom. The van der Waals surface area contributed by atoms with Crippen LogP contribution in [-0.4, -0.2) is 66.9 Å². The fourth-order valence-electron chi connectivity index (χ4n) is 2.80. The normalized spacial score (nSPS) is 17.9. The maximum atomic E-state index is 9.87. The molecule has 4 heteroatoms. The first-order valence-corrected chi connectivity index (χ1v) is 7.76. The molecule has 1 aliphatic heterocycles. The lowest BCUT2D eigenvalue weighted by atomic mass is 10.1. The van der Waals surface area contributed by atoms with Gasteiger partial charge in [-0.25, -0.2) is 0 Å². The molecular formula is C17H28N2O2. The number of hydrogen-bond donors (Lipinski definition) is 1. The van der Waals surface area contributed by atoms with Gasteiger partial charge in [-0.05, 0) is 38.0 Å². The molecular weight excluding hydrogens is 264 g/mol. The maximum absolute atomic E-state index is 9.87. The monoisotopic (exact) mass is 292 g/mol. The SMILES string of the molecule is COc1ccc(CCN2CCN(CC(C)(C)O)CC2)cc1. The van der Waals surface area contributed by atoms with Crippen LogP contribution in [0.25, 0.3) is 0 Å². The highest BCUT2D eigenvalue weighted by Crippen LogP contribution is 2.13. The van der Waals surface area contributed by atoms with Crippen LogP contribution in [0.2, 0.25) is 0 Å². The van der Waals surface area contributed by atoms with Crippen LogP contribution in [0.3, 0.4) is 0 Å². The quantitative estimate of drug-likeness (QED) is 0.864. The summed E-state index contributed by atoms with van der Waals surface area (Å²) in [7, 11) is 1.70. The molecule has 1 aromatic carbocycles. The molecule has 0 saturated carbocycles. The van der Waals surface area contributed by atoms with E-state index in [0.717, 1.165) is 51.4 Å². The molecule has 1 aliphatic rings. The number of piperazine rings is 1. The van der Waals surface area contributed by atoms with Crippen molar-refractivity contribution >= 4 is 0 Å². The molecule has 118 valence electrons. The van der Waals surface area contributed by atoms with E-state index in [1.54, 1.807) is 7.11 Å². The van der Waals surface area contributed by atoms with E-state index in [-0.39, 0.29) is 0 Å². The largest absolute Gasteiger partial charge is 0.497 e. The highest BCUT2D eigenvalue weighted by Gasteiger charge is 2.22. The van der Waals surface area contributed by atoms with E-state index in [4.69, 9.17) is 4.74 Å². The average Bonchev–Trinajstić information content (AvgIpc) is 2.45. The van der Waals surface area contributed by atoms with Crippen LogP contribution in [0.15, 0.2) is 24.3 Å². The van der Waals surface area contributed by atoms with Crippen molar-refractivity contribution in [3.05, 3.63) is 29.8 Å². The highest BCUT2D eigenvalue weighted by atomic mass is 16.5. The third-order valence-corrected chi connectivity index (χ3v) is 3.95. The van der Waals surface area contributed by atoms with Crippen molar-refractivity contribution in [1.29, 1.82) is 0 Å². The molecule has 1 N–H and O–H groups in total. The van der Waals surface area contributed by atoms with Crippen LogP contribution in [0.5, 0.6) is 5.75 Å². The highest BCUT2D eigenvalue weighted by molar-refractivity contribution is 5.27. The minimum Gasteiger partial charge on any atom is -0.497 e.